The van der Waals surface area contributed by atoms with Gasteiger partial charge in [-0.2, -0.15) is 31.3 Å². The maximum Gasteiger partial charge on any atom is 0.453 e. The third-order valence-corrected chi connectivity index (χ3v) is 3.68. The summed E-state index contributed by atoms with van der Waals surface area (Å²) in [5.41, 5.74) is -4.36. The van der Waals surface area contributed by atoms with Crippen molar-refractivity contribution in [1.82, 2.24) is 14.8 Å². The van der Waals surface area contributed by atoms with Gasteiger partial charge < -0.3 is 5.32 Å². The summed E-state index contributed by atoms with van der Waals surface area (Å²) in [4.78, 5) is 3.20. The number of aryl methyl sites for hydroxylation is 1. The van der Waals surface area contributed by atoms with E-state index in [4.69, 9.17) is 11.6 Å². The Kier molecular flexibility index (Phi) is 5.23. The second kappa shape index (κ2) is 6.71. The van der Waals surface area contributed by atoms with E-state index in [1.54, 1.807) is 6.92 Å². The number of nitrogens with one attached hydrogen (secondary N) is 1. The number of halogens is 7. The minimum absolute atomic E-state index is 0.0940. The zero-order chi connectivity index (χ0) is 18.1. The number of hydrogen-bond donors (Lipinski definition) is 1. The van der Waals surface area contributed by atoms with Crippen molar-refractivity contribution in [3.05, 3.63) is 29.0 Å². The van der Waals surface area contributed by atoms with Gasteiger partial charge in [-0.1, -0.05) is 11.6 Å². The van der Waals surface area contributed by atoms with Crippen LogP contribution in [0, 0.1) is 0 Å². The molecule has 0 aliphatic rings. The normalized spacial score (nSPS) is 12.5. The molecule has 24 heavy (non-hydrogen) atoms. The molecule has 0 saturated heterocycles. The molecule has 0 unspecified atom stereocenters. The maximum atomic E-state index is 12.6. The average molecular weight is 391 g/mol. The van der Waals surface area contributed by atoms with E-state index in [-0.39, 0.29) is 39.9 Å². The number of anilines is 2. The van der Waals surface area contributed by atoms with Crippen molar-refractivity contribution in [2.24, 2.45) is 0 Å². The summed E-state index contributed by atoms with van der Waals surface area (Å²) in [6.45, 7) is 1.66. The van der Waals surface area contributed by atoms with Crippen LogP contribution in [0.1, 0.15) is 12.7 Å². The largest absolute Gasteiger partial charge is 0.453 e. The minimum atomic E-state index is -4.71. The van der Waals surface area contributed by atoms with E-state index in [0.717, 1.165) is 16.8 Å². The summed E-state index contributed by atoms with van der Waals surface area (Å²) in [5.74, 6) is -1.55. The Labute approximate surface area is 141 Å². The van der Waals surface area contributed by atoms with Crippen LogP contribution in [0.5, 0.6) is 0 Å². The molecule has 0 aliphatic carbocycles. The lowest BCUT2D eigenvalue weighted by atomic mass is 10.3. The topological polar surface area (TPSA) is 42.7 Å². The minimum Gasteiger partial charge on any atom is -0.323 e. The van der Waals surface area contributed by atoms with E-state index >= 15 is 0 Å². The number of aromatic nitrogens is 3. The second-order valence-corrected chi connectivity index (χ2v) is 5.93. The molecule has 0 fully saturated rings. The third-order valence-electron chi connectivity index (χ3n) is 2.65. The molecular formula is C12H9ClF6N4S. The van der Waals surface area contributed by atoms with Crippen molar-refractivity contribution in [2.45, 2.75) is 30.0 Å². The Bertz CT molecular complexity index is 727. The Hall–Kier alpha value is -1.62. The van der Waals surface area contributed by atoms with Crippen molar-refractivity contribution in [2.75, 3.05) is 5.32 Å². The SMILES string of the molecule is CCn1nc(C(F)(F)F)nc1Nc1ccc(SC(F)(F)F)cc1Cl. The van der Waals surface area contributed by atoms with Gasteiger partial charge in [-0.15, -0.1) is 5.10 Å². The number of nitrogens with zero attached hydrogens (tertiary/aromatic N) is 3. The molecule has 132 valence electrons. The average Bonchev–Trinajstić information content (AvgIpc) is 2.83. The first kappa shape index (κ1) is 18.7. The van der Waals surface area contributed by atoms with Gasteiger partial charge in [0.1, 0.15) is 0 Å². The molecule has 12 heteroatoms. The molecule has 1 heterocycles. The van der Waals surface area contributed by atoms with Gasteiger partial charge in [-0.3, -0.25) is 0 Å². The predicted molar refractivity (Wildman–Crippen MR) is 77.3 cm³/mol. The highest BCUT2D eigenvalue weighted by molar-refractivity contribution is 8.00. The molecule has 2 rings (SSSR count). The van der Waals surface area contributed by atoms with Crippen LogP contribution in [-0.4, -0.2) is 20.3 Å². The number of rotatable bonds is 4. The van der Waals surface area contributed by atoms with Gasteiger partial charge in [0.2, 0.25) is 5.95 Å². The zero-order valence-corrected chi connectivity index (χ0v) is 13.4. The number of hydrogen-bond acceptors (Lipinski definition) is 4. The van der Waals surface area contributed by atoms with Gasteiger partial charge in [-0.05, 0) is 36.9 Å². The Morgan fingerprint density at radius 3 is 2.38 bits per heavy atom. The molecule has 1 aromatic heterocycles. The number of thioether (sulfide) groups is 1. The fourth-order valence-electron chi connectivity index (χ4n) is 1.69. The highest BCUT2D eigenvalue weighted by atomic mass is 35.5. The first-order valence-electron chi connectivity index (χ1n) is 6.34. The highest BCUT2D eigenvalue weighted by Crippen LogP contribution is 2.39. The molecule has 0 amide bonds. The van der Waals surface area contributed by atoms with Crippen molar-refractivity contribution in [1.29, 1.82) is 0 Å². The van der Waals surface area contributed by atoms with Crippen molar-refractivity contribution in [3.63, 3.8) is 0 Å². The van der Waals surface area contributed by atoms with Gasteiger partial charge in [-0.25, -0.2) is 4.68 Å². The van der Waals surface area contributed by atoms with E-state index in [1.165, 1.54) is 6.07 Å². The zero-order valence-electron chi connectivity index (χ0n) is 11.8. The first-order valence-corrected chi connectivity index (χ1v) is 7.53. The maximum absolute atomic E-state index is 12.6. The van der Waals surface area contributed by atoms with Crippen molar-refractivity contribution >= 4 is 35.0 Å². The summed E-state index contributed by atoms with van der Waals surface area (Å²) >= 11 is 5.53. The summed E-state index contributed by atoms with van der Waals surface area (Å²) in [6.07, 6.45) is -4.71. The summed E-state index contributed by atoms with van der Waals surface area (Å²) in [5, 5.41) is 5.76. The van der Waals surface area contributed by atoms with Crippen LogP contribution in [0.25, 0.3) is 0 Å². The van der Waals surface area contributed by atoms with Crippen LogP contribution >= 0.6 is 23.4 Å². The lowest BCUT2D eigenvalue weighted by Gasteiger charge is -2.10. The number of benzene rings is 1. The standard InChI is InChI=1S/C12H9ClF6N4S/c1-2-23-10(21-9(22-23)11(14,15)16)20-8-4-3-6(5-7(8)13)24-12(17,18)19/h3-5H,2H2,1H3,(H,20,21,22). The lowest BCUT2D eigenvalue weighted by molar-refractivity contribution is -0.144. The molecule has 1 aromatic carbocycles. The second-order valence-electron chi connectivity index (χ2n) is 4.39. The van der Waals surface area contributed by atoms with Crippen LogP contribution < -0.4 is 5.32 Å². The van der Waals surface area contributed by atoms with E-state index < -0.39 is 17.5 Å². The summed E-state index contributed by atoms with van der Waals surface area (Å²) in [7, 11) is 0. The molecule has 0 spiro atoms. The Balaban J connectivity index is 2.27. The summed E-state index contributed by atoms with van der Waals surface area (Å²) in [6, 6.07) is 3.42. The Morgan fingerprint density at radius 2 is 1.88 bits per heavy atom. The van der Waals surface area contributed by atoms with Gasteiger partial charge in [0, 0.05) is 11.4 Å². The van der Waals surface area contributed by atoms with E-state index in [1.807, 2.05) is 0 Å². The van der Waals surface area contributed by atoms with Crippen LogP contribution in [0.4, 0.5) is 38.0 Å². The molecule has 0 aliphatic heterocycles. The van der Waals surface area contributed by atoms with Gasteiger partial charge >= 0.3 is 11.7 Å². The highest BCUT2D eigenvalue weighted by Gasteiger charge is 2.37. The fraction of sp³-hybridized carbons (Fsp3) is 0.333. The predicted octanol–water partition coefficient (Wildman–Crippen LogP) is 5.33. The monoisotopic (exact) mass is 390 g/mol. The first-order chi connectivity index (χ1) is 11.0. The van der Waals surface area contributed by atoms with E-state index in [2.05, 4.69) is 15.4 Å². The molecular weight excluding hydrogens is 382 g/mol. The van der Waals surface area contributed by atoms with Gasteiger partial charge in [0.05, 0.1) is 10.7 Å². The van der Waals surface area contributed by atoms with Crippen molar-refractivity contribution in [3.8, 4) is 0 Å². The quantitative estimate of drug-likeness (QED) is 0.566. The van der Waals surface area contributed by atoms with E-state index in [9.17, 15) is 26.3 Å². The third kappa shape index (κ3) is 4.69. The van der Waals surface area contributed by atoms with Gasteiger partial charge in [0.25, 0.3) is 5.82 Å². The summed E-state index contributed by atoms with van der Waals surface area (Å²) < 4.78 is 75.8. The van der Waals surface area contributed by atoms with Gasteiger partial charge in [0.15, 0.2) is 0 Å². The fourth-order valence-corrected chi connectivity index (χ4v) is 2.56. The number of alkyl halides is 6. The van der Waals surface area contributed by atoms with Crippen LogP contribution in [0.3, 0.4) is 0 Å². The molecule has 1 N–H and O–H groups in total. The Morgan fingerprint density at radius 1 is 1.21 bits per heavy atom. The van der Waals surface area contributed by atoms with Crippen LogP contribution in [0.2, 0.25) is 5.02 Å². The van der Waals surface area contributed by atoms with E-state index in [0.29, 0.717) is 0 Å². The molecule has 0 atom stereocenters. The molecule has 0 radical (unpaired) electrons. The molecule has 4 nitrogen and oxygen atoms in total. The van der Waals surface area contributed by atoms with Crippen molar-refractivity contribution < 1.29 is 26.3 Å². The smallest absolute Gasteiger partial charge is 0.323 e. The molecule has 2 aromatic rings. The molecule has 0 saturated carbocycles. The lowest BCUT2D eigenvalue weighted by Crippen LogP contribution is -2.08. The van der Waals surface area contributed by atoms with Crippen LogP contribution in [-0.2, 0) is 12.7 Å². The molecule has 0 bridgehead atoms. The van der Waals surface area contributed by atoms with Crippen LogP contribution in [0.15, 0.2) is 23.1 Å².